The third-order valence-electron chi connectivity index (χ3n) is 4.32. The second kappa shape index (κ2) is 25.9. The van der Waals surface area contributed by atoms with E-state index in [9.17, 15) is 5.11 Å². The number of thiocarbonyl (C=S) groups is 2. The Bertz CT molecular complexity index is 313. The molecule has 0 unspecified atom stereocenters. The molecule has 0 amide bonds. The van der Waals surface area contributed by atoms with Crippen LogP contribution in [0.2, 0.25) is 0 Å². The first-order valence-electron chi connectivity index (χ1n) is 10.4. The van der Waals surface area contributed by atoms with Crippen LogP contribution in [-0.2, 0) is 17.1 Å². The number of nitrogens with two attached hydrogens (primary N) is 1. The molecule has 0 aromatic rings. The molecule has 0 aliphatic carbocycles. The van der Waals surface area contributed by atoms with Gasteiger partial charge in [-0.3, -0.25) is 0 Å². The minimum atomic E-state index is -0.750. The Kier molecular flexibility index (Phi) is 30.3. The van der Waals surface area contributed by atoms with Crippen LogP contribution in [0, 0.1) is 0 Å². The average Bonchev–Trinajstić information content (AvgIpc) is 2.57. The Hall–Kier alpha value is -0.101. The first-order chi connectivity index (χ1) is 12.5. The minimum Gasteiger partial charge on any atom is -0.852 e. The Balaban J connectivity index is -0.00000104. The van der Waals surface area contributed by atoms with Crippen LogP contribution < -0.4 is 15.9 Å². The summed E-state index contributed by atoms with van der Waals surface area (Å²) in [7, 11) is 0. The topological polar surface area (TPSA) is 75.4 Å². The molecule has 27 heavy (non-hydrogen) atoms. The molecule has 0 aromatic carbocycles. The van der Waals surface area contributed by atoms with Crippen molar-refractivity contribution < 1.29 is 27.3 Å². The Morgan fingerprint density at radius 3 is 1.19 bits per heavy atom. The standard InChI is InChI=1S/C19H39NOS.CH3NOS.Cu/c1-3-5-7-9-11-13-15-17-20(19(21)22)18-16-14-12-10-8-6-4-2;2-1(3)4;/h3-18H2,1-2H3,(H,21,22);(H3,2,3,4);/q;;+2/p-2. The second-order valence-corrected chi connectivity index (χ2v) is 7.57. The third kappa shape index (κ3) is 30.8. The molecule has 165 valence electrons. The number of hydrogen-bond donors (Lipinski definition) is 1. The van der Waals surface area contributed by atoms with Crippen molar-refractivity contribution in [1.29, 1.82) is 0 Å². The van der Waals surface area contributed by atoms with Gasteiger partial charge in [0.05, 0.1) is 0 Å². The molecule has 0 atom stereocenters. The molecular weight excluding hydrogens is 428 g/mol. The molecule has 0 spiro atoms. The van der Waals surface area contributed by atoms with Crippen molar-refractivity contribution in [3.63, 3.8) is 0 Å². The maximum absolute atomic E-state index is 11.5. The van der Waals surface area contributed by atoms with E-state index in [1.54, 1.807) is 0 Å². The van der Waals surface area contributed by atoms with Gasteiger partial charge < -0.3 is 20.8 Å². The SMILES string of the molecule is CCCCCCCCCN(CCCCCCCCC)C([O-])=S.NC([O-])=S.[Cu+2]. The molecule has 0 saturated carbocycles. The van der Waals surface area contributed by atoms with Gasteiger partial charge in [-0.25, -0.2) is 0 Å². The largest absolute Gasteiger partial charge is 2.00 e. The van der Waals surface area contributed by atoms with Crippen molar-refractivity contribution in [2.45, 2.75) is 104 Å². The summed E-state index contributed by atoms with van der Waals surface area (Å²) in [5, 5.41) is 19.6. The molecule has 0 bridgehead atoms. The molecule has 1 radical (unpaired) electrons. The summed E-state index contributed by atoms with van der Waals surface area (Å²) >= 11 is 8.62. The average molecular weight is 468 g/mol. The Morgan fingerprint density at radius 2 is 0.926 bits per heavy atom. The zero-order valence-corrected chi connectivity index (χ0v) is 19.8. The number of hydrogen-bond acceptors (Lipinski definition) is 4. The summed E-state index contributed by atoms with van der Waals surface area (Å²) in [4.78, 5) is 1.88. The number of rotatable bonds is 16. The van der Waals surface area contributed by atoms with E-state index in [-0.39, 0.29) is 22.2 Å². The molecule has 0 aromatic heterocycles. The fourth-order valence-corrected chi connectivity index (χ4v) is 3.00. The second-order valence-electron chi connectivity index (χ2n) is 6.81. The molecule has 4 nitrogen and oxygen atoms in total. The fourth-order valence-electron chi connectivity index (χ4n) is 2.81. The van der Waals surface area contributed by atoms with E-state index in [0.717, 1.165) is 25.9 Å². The Morgan fingerprint density at radius 1 is 0.667 bits per heavy atom. The van der Waals surface area contributed by atoms with Gasteiger partial charge in [0, 0.05) is 23.4 Å². The van der Waals surface area contributed by atoms with E-state index in [2.05, 4.69) is 31.8 Å². The first-order valence-corrected chi connectivity index (χ1v) is 11.2. The third-order valence-corrected chi connectivity index (χ3v) is 4.58. The van der Waals surface area contributed by atoms with Crippen molar-refractivity contribution >= 4 is 34.8 Å². The smallest absolute Gasteiger partial charge is 0.852 e. The van der Waals surface area contributed by atoms with E-state index >= 15 is 0 Å². The number of nitrogens with zero attached hydrogens (tertiary/aromatic N) is 1. The first kappa shape index (κ1) is 31.6. The van der Waals surface area contributed by atoms with Crippen molar-refractivity contribution in [2.24, 2.45) is 5.73 Å². The summed E-state index contributed by atoms with van der Waals surface area (Å²) < 4.78 is 0. The summed E-state index contributed by atoms with van der Waals surface area (Å²) in [5.74, 6) is 0. The van der Waals surface area contributed by atoms with Crippen LogP contribution in [0.1, 0.15) is 104 Å². The molecule has 7 heteroatoms. The van der Waals surface area contributed by atoms with E-state index in [0.29, 0.717) is 0 Å². The van der Waals surface area contributed by atoms with Crippen LogP contribution in [0.25, 0.3) is 0 Å². The maximum atomic E-state index is 11.5. The molecule has 2 N–H and O–H groups in total. The van der Waals surface area contributed by atoms with Crippen molar-refractivity contribution in [1.82, 2.24) is 4.90 Å². The predicted octanol–water partition coefficient (Wildman–Crippen LogP) is 4.02. The van der Waals surface area contributed by atoms with Gasteiger partial charge in [0.1, 0.15) is 0 Å². The van der Waals surface area contributed by atoms with E-state index in [4.69, 9.17) is 17.3 Å². The van der Waals surface area contributed by atoms with Crippen LogP contribution in [0.3, 0.4) is 0 Å². The van der Waals surface area contributed by atoms with E-state index in [1.807, 2.05) is 4.90 Å². The number of unbranched alkanes of at least 4 members (excludes halogenated alkanes) is 12. The summed E-state index contributed by atoms with van der Waals surface area (Å²) in [6.07, 6.45) is 18.0. The zero-order chi connectivity index (χ0) is 20.0. The van der Waals surface area contributed by atoms with Crippen LogP contribution in [0.5, 0.6) is 0 Å². The molecule has 0 saturated heterocycles. The normalized spacial score (nSPS) is 9.70. The van der Waals surface area contributed by atoms with E-state index < -0.39 is 5.17 Å². The minimum absolute atomic E-state index is 0. The molecule has 0 aliphatic rings. The van der Waals surface area contributed by atoms with Crippen molar-refractivity contribution in [3.05, 3.63) is 0 Å². The molecular formula is C20H40CuN2O2S2. The van der Waals surface area contributed by atoms with Gasteiger partial charge in [-0.15, -0.1) is 0 Å². The van der Waals surface area contributed by atoms with Gasteiger partial charge in [-0.2, -0.15) is 0 Å². The van der Waals surface area contributed by atoms with Crippen LogP contribution in [0.4, 0.5) is 0 Å². The van der Waals surface area contributed by atoms with E-state index in [1.165, 1.54) is 77.0 Å². The van der Waals surface area contributed by atoms with Crippen molar-refractivity contribution in [3.8, 4) is 0 Å². The maximum Gasteiger partial charge on any atom is 2.00 e. The van der Waals surface area contributed by atoms with Crippen molar-refractivity contribution in [2.75, 3.05) is 13.1 Å². The molecule has 0 heterocycles. The molecule has 0 aliphatic heterocycles. The van der Waals surface area contributed by atoms with Gasteiger partial charge in [0.2, 0.25) is 0 Å². The molecule has 0 fully saturated rings. The Labute approximate surface area is 189 Å². The zero-order valence-electron chi connectivity index (χ0n) is 17.3. The van der Waals surface area contributed by atoms with Crippen LogP contribution in [0.15, 0.2) is 0 Å². The van der Waals surface area contributed by atoms with Gasteiger partial charge in [-0.1, -0.05) is 115 Å². The predicted molar refractivity (Wildman–Crippen MR) is 117 cm³/mol. The quantitative estimate of drug-likeness (QED) is 0.210. The van der Waals surface area contributed by atoms with Gasteiger partial charge in [0.25, 0.3) is 0 Å². The monoisotopic (exact) mass is 467 g/mol. The molecule has 0 rings (SSSR count). The fraction of sp³-hybridized carbons (Fsp3) is 0.900. The van der Waals surface area contributed by atoms with Crippen LogP contribution >= 0.6 is 24.4 Å². The summed E-state index contributed by atoms with van der Waals surface area (Å²) in [6.45, 7) is 6.23. The van der Waals surface area contributed by atoms with Gasteiger partial charge in [0.15, 0.2) is 0 Å². The summed E-state index contributed by atoms with van der Waals surface area (Å²) in [6, 6.07) is 0. The van der Waals surface area contributed by atoms with Crippen LogP contribution in [-0.4, -0.2) is 28.3 Å². The van der Waals surface area contributed by atoms with Gasteiger partial charge in [-0.05, 0) is 12.8 Å². The summed E-state index contributed by atoms with van der Waals surface area (Å²) in [5.41, 5.74) is 4.29. The van der Waals surface area contributed by atoms with Gasteiger partial charge >= 0.3 is 17.1 Å².